The van der Waals surface area contributed by atoms with Crippen LogP contribution in [0.4, 0.5) is 0 Å². The van der Waals surface area contributed by atoms with E-state index in [1.54, 1.807) is 0 Å². The van der Waals surface area contributed by atoms with Crippen LogP contribution in [0.5, 0.6) is 0 Å². The third kappa shape index (κ3) is 4.02. The Bertz CT molecular complexity index is 272. The van der Waals surface area contributed by atoms with Gasteiger partial charge in [-0.3, -0.25) is 4.79 Å². The van der Waals surface area contributed by atoms with Crippen molar-refractivity contribution in [1.82, 2.24) is 5.32 Å². The first kappa shape index (κ1) is 13.3. The van der Waals surface area contributed by atoms with E-state index in [1.165, 1.54) is 18.7 Å². The van der Waals surface area contributed by atoms with Crippen molar-refractivity contribution in [3.05, 3.63) is 0 Å². The molecule has 0 aromatic rings. The largest absolute Gasteiger partial charge is 0.480 e. The molecule has 1 saturated carbocycles. The normalized spacial score (nSPS) is 26.4. The molecule has 0 aromatic heterocycles. The molecule has 0 saturated heterocycles. The standard InChI is InChI=1S/C10H17NO4S/c1-6(12)11-7(10(14)15)5-16-9-4-2-3-8(9)13/h7-9,13H,2-5H2,1H3,(H,11,12)(H,14,15). The number of thioether (sulfide) groups is 1. The molecule has 0 radical (unpaired) electrons. The van der Waals surface area contributed by atoms with Crippen molar-refractivity contribution in [3.63, 3.8) is 0 Å². The second-order valence-electron chi connectivity index (χ2n) is 3.96. The maximum atomic E-state index is 10.8. The van der Waals surface area contributed by atoms with Crippen LogP contribution < -0.4 is 5.32 Å². The van der Waals surface area contributed by atoms with E-state index in [0.717, 1.165) is 19.3 Å². The van der Waals surface area contributed by atoms with Crippen LogP contribution in [-0.2, 0) is 9.59 Å². The maximum Gasteiger partial charge on any atom is 0.327 e. The van der Waals surface area contributed by atoms with Gasteiger partial charge in [0, 0.05) is 17.9 Å². The molecule has 16 heavy (non-hydrogen) atoms. The zero-order chi connectivity index (χ0) is 12.1. The molecule has 0 bridgehead atoms. The van der Waals surface area contributed by atoms with Crippen LogP contribution in [0.1, 0.15) is 26.2 Å². The highest BCUT2D eigenvalue weighted by Gasteiger charge is 2.28. The number of carboxylic acid groups (broad SMARTS) is 1. The van der Waals surface area contributed by atoms with Gasteiger partial charge in [-0.15, -0.1) is 0 Å². The summed E-state index contributed by atoms with van der Waals surface area (Å²) < 4.78 is 0. The lowest BCUT2D eigenvalue weighted by Crippen LogP contribution is -2.42. The number of carboxylic acids is 1. The second kappa shape index (κ2) is 6.10. The molecular formula is C10H17NO4S. The molecule has 3 N–H and O–H groups in total. The van der Waals surface area contributed by atoms with Gasteiger partial charge in [0.1, 0.15) is 6.04 Å². The highest BCUT2D eigenvalue weighted by atomic mass is 32.2. The van der Waals surface area contributed by atoms with Crippen molar-refractivity contribution >= 4 is 23.6 Å². The zero-order valence-corrected chi connectivity index (χ0v) is 10.00. The van der Waals surface area contributed by atoms with Gasteiger partial charge in [0.25, 0.3) is 0 Å². The highest BCUT2D eigenvalue weighted by Crippen LogP contribution is 2.30. The molecule has 1 amide bonds. The minimum absolute atomic E-state index is 0.107. The highest BCUT2D eigenvalue weighted by molar-refractivity contribution is 8.00. The summed E-state index contributed by atoms with van der Waals surface area (Å²) in [5.74, 6) is -1.08. The topological polar surface area (TPSA) is 86.6 Å². The summed E-state index contributed by atoms with van der Waals surface area (Å²) in [5, 5.41) is 20.9. The fourth-order valence-electron chi connectivity index (χ4n) is 1.74. The van der Waals surface area contributed by atoms with Gasteiger partial charge >= 0.3 is 5.97 Å². The van der Waals surface area contributed by atoms with Crippen molar-refractivity contribution < 1.29 is 19.8 Å². The summed E-state index contributed by atoms with van der Waals surface area (Å²) in [6, 6.07) is -0.865. The SMILES string of the molecule is CC(=O)NC(CSC1CCCC1O)C(=O)O. The van der Waals surface area contributed by atoms with E-state index in [9.17, 15) is 14.7 Å². The Morgan fingerprint density at radius 3 is 2.62 bits per heavy atom. The van der Waals surface area contributed by atoms with Gasteiger partial charge in [-0.05, 0) is 19.3 Å². The molecular weight excluding hydrogens is 230 g/mol. The third-order valence-corrected chi connectivity index (χ3v) is 4.07. The first-order chi connectivity index (χ1) is 7.50. The van der Waals surface area contributed by atoms with Gasteiger partial charge in [0.15, 0.2) is 0 Å². The molecule has 92 valence electrons. The van der Waals surface area contributed by atoms with E-state index in [1.807, 2.05) is 0 Å². The number of aliphatic carboxylic acids is 1. The number of aliphatic hydroxyl groups is 1. The van der Waals surface area contributed by atoms with Crippen LogP contribution in [0.15, 0.2) is 0 Å². The summed E-state index contributed by atoms with van der Waals surface area (Å²) in [6.45, 7) is 1.30. The summed E-state index contributed by atoms with van der Waals surface area (Å²) in [4.78, 5) is 21.6. The van der Waals surface area contributed by atoms with Crippen molar-refractivity contribution in [2.45, 2.75) is 43.6 Å². The molecule has 0 spiro atoms. The van der Waals surface area contributed by atoms with E-state index >= 15 is 0 Å². The molecule has 1 aliphatic rings. The van der Waals surface area contributed by atoms with Crippen molar-refractivity contribution in [2.75, 3.05) is 5.75 Å². The van der Waals surface area contributed by atoms with Crippen molar-refractivity contribution in [2.24, 2.45) is 0 Å². The van der Waals surface area contributed by atoms with Gasteiger partial charge in [-0.2, -0.15) is 11.8 Å². The Balaban J connectivity index is 2.37. The molecule has 3 atom stereocenters. The molecule has 3 unspecified atom stereocenters. The number of amides is 1. The molecule has 1 aliphatic carbocycles. The summed E-state index contributed by atoms with van der Waals surface area (Å²) >= 11 is 1.42. The Morgan fingerprint density at radius 2 is 2.19 bits per heavy atom. The summed E-state index contributed by atoms with van der Waals surface area (Å²) in [5.41, 5.74) is 0. The van der Waals surface area contributed by atoms with E-state index in [-0.39, 0.29) is 17.3 Å². The lowest BCUT2D eigenvalue weighted by molar-refractivity contribution is -0.140. The van der Waals surface area contributed by atoms with Crippen LogP contribution in [0.2, 0.25) is 0 Å². The second-order valence-corrected chi connectivity index (χ2v) is 5.23. The van der Waals surface area contributed by atoms with Gasteiger partial charge in [-0.25, -0.2) is 4.79 Å². The lowest BCUT2D eigenvalue weighted by atomic mass is 10.3. The van der Waals surface area contributed by atoms with Crippen molar-refractivity contribution in [1.29, 1.82) is 0 Å². The van der Waals surface area contributed by atoms with Gasteiger partial charge in [-0.1, -0.05) is 0 Å². The Hall–Kier alpha value is -0.750. The number of rotatable bonds is 5. The smallest absolute Gasteiger partial charge is 0.327 e. The molecule has 0 heterocycles. The Morgan fingerprint density at radius 1 is 1.50 bits per heavy atom. The average Bonchev–Trinajstić information content (AvgIpc) is 2.57. The van der Waals surface area contributed by atoms with Crippen LogP contribution >= 0.6 is 11.8 Å². The molecule has 5 nitrogen and oxygen atoms in total. The Labute approximate surface area is 98.6 Å². The Kier molecular flexibility index (Phi) is 5.08. The zero-order valence-electron chi connectivity index (χ0n) is 9.18. The first-order valence-electron chi connectivity index (χ1n) is 5.30. The van der Waals surface area contributed by atoms with Gasteiger partial charge < -0.3 is 15.5 Å². The number of aliphatic hydroxyl groups excluding tert-OH is 1. The van der Waals surface area contributed by atoms with E-state index < -0.39 is 12.0 Å². The van der Waals surface area contributed by atoms with Crippen LogP contribution in [0.25, 0.3) is 0 Å². The monoisotopic (exact) mass is 247 g/mol. The van der Waals surface area contributed by atoms with Crippen LogP contribution in [-0.4, -0.2) is 45.2 Å². The number of carbonyl (C=O) groups excluding carboxylic acids is 1. The van der Waals surface area contributed by atoms with Crippen LogP contribution in [0.3, 0.4) is 0 Å². The average molecular weight is 247 g/mol. The summed E-state index contributed by atoms with van der Waals surface area (Å²) in [6.07, 6.45) is 2.35. The van der Waals surface area contributed by atoms with E-state index in [4.69, 9.17) is 5.11 Å². The van der Waals surface area contributed by atoms with Gasteiger partial charge in [0.2, 0.25) is 5.91 Å². The fraction of sp³-hybridized carbons (Fsp3) is 0.800. The van der Waals surface area contributed by atoms with E-state index in [2.05, 4.69) is 5.32 Å². The molecule has 0 aliphatic heterocycles. The molecule has 0 aromatic carbocycles. The maximum absolute atomic E-state index is 10.8. The summed E-state index contributed by atoms with van der Waals surface area (Å²) in [7, 11) is 0. The predicted octanol–water partition coefficient (Wildman–Crippen LogP) is 0.222. The first-order valence-corrected chi connectivity index (χ1v) is 6.35. The number of hydrogen-bond acceptors (Lipinski definition) is 4. The minimum atomic E-state index is -1.03. The third-order valence-electron chi connectivity index (χ3n) is 2.57. The van der Waals surface area contributed by atoms with Crippen LogP contribution in [0, 0.1) is 0 Å². The number of carbonyl (C=O) groups is 2. The minimum Gasteiger partial charge on any atom is -0.480 e. The molecule has 1 rings (SSSR count). The fourth-order valence-corrected chi connectivity index (χ4v) is 3.10. The van der Waals surface area contributed by atoms with Gasteiger partial charge in [0.05, 0.1) is 6.10 Å². The molecule has 1 fully saturated rings. The quantitative estimate of drug-likeness (QED) is 0.647. The van der Waals surface area contributed by atoms with E-state index in [0.29, 0.717) is 5.75 Å². The lowest BCUT2D eigenvalue weighted by Gasteiger charge is -2.17. The number of hydrogen-bond donors (Lipinski definition) is 3. The predicted molar refractivity (Wildman–Crippen MR) is 61.3 cm³/mol. The molecule has 6 heteroatoms. The van der Waals surface area contributed by atoms with Crippen molar-refractivity contribution in [3.8, 4) is 0 Å². The number of nitrogens with one attached hydrogen (secondary N) is 1.